The standard InChI is InChI=1S/C11H15NO3/c1-12(9-11(14)15-8-7-13)10-5-3-2-4-6-10/h2-6,13H,7-9H2,1H3. The molecule has 15 heavy (non-hydrogen) atoms. The van der Waals surface area contributed by atoms with Crippen LogP contribution in [0, 0.1) is 0 Å². The van der Waals surface area contributed by atoms with Crippen LogP contribution in [-0.4, -0.2) is 37.9 Å². The van der Waals surface area contributed by atoms with E-state index in [2.05, 4.69) is 0 Å². The fourth-order valence-corrected chi connectivity index (χ4v) is 1.17. The maximum Gasteiger partial charge on any atom is 0.325 e. The third-order valence-electron chi connectivity index (χ3n) is 1.92. The molecule has 0 aromatic heterocycles. The molecule has 0 unspecified atom stereocenters. The number of ether oxygens (including phenoxy) is 1. The predicted molar refractivity (Wildman–Crippen MR) is 57.8 cm³/mol. The molecule has 0 bridgehead atoms. The maximum absolute atomic E-state index is 11.2. The molecule has 0 fully saturated rings. The molecule has 0 saturated heterocycles. The van der Waals surface area contributed by atoms with E-state index in [0.717, 1.165) is 5.69 Å². The average molecular weight is 209 g/mol. The van der Waals surface area contributed by atoms with Gasteiger partial charge in [0.25, 0.3) is 0 Å². The van der Waals surface area contributed by atoms with Crippen LogP contribution in [0.4, 0.5) is 5.69 Å². The summed E-state index contributed by atoms with van der Waals surface area (Å²) >= 11 is 0. The Morgan fingerprint density at radius 1 is 1.40 bits per heavy atom. The highest BCUT2D eigenvalue weighted by atomic mass is 16.5. The minimum Gasteiger partial charge on any atom is -0.462 e. The van der Waals surface area contributed by atoms with Gasteiger partial charge in [0.2, 0.25) is 0 Å². The average Bonchev–Trinajstić information content (AvgIpc) is 2.27. The van der Waals surface area contributed by atoms with Crippen LogP contribution < -0.4 is 4.90 Å². The highest BCUT2D eigenvalue weighted by molar-refractivity contribution is 5.75. The molecule has 0 amide bonds. The van der Waals surface area contributed by atoms with Crippen LogP contribution in [0.25, 0.3) is 0 Å². The lowest BCUT2D eigenvalue weighted by atomic mass is 10.3. The van der Waals surface area contributed by atoms with Gasteiger partial charge in [-0.3, -0.25) is 4.79 Å². The van der Waals surface area contributed by atoms with Gasteiger partial charge in [0.1, 0.15) is 13.2 Å². The van der Waals surface area contributed by atoms with Crippen molar-refractivity contribution in [2.75, 3.05) is 31.7 Å². The highest BCUT2D eigenvalue weighted by Crippen LogP contribution is 2.10. The molecule has 0 saturated carbocycles. The molecule has 0 aliphatic heterocycles. The third-order valence-corrected chi connectivity index (χ3v) is 1.92. The second-order valence-electron chi connectivity index (χ2n) is 3.14. The van der Waals surface area contributed by atoms with Gasteiger partial charge >= 0.3 is 5.97 Å². The van der Waals surface area contributed by atoms with Gasteiger partial charge in [-0.25, -0.2) is 0 Å². The molecular formula is C11H15NO3. The summed E-state index contributed by atoms with van der Waals surface area (Å²) in [4.78, 5) is 13.0. The molecule has 4 nitrogen and oxygen atoms in total. The van der Waals surface area contributed by atoms with Crippen molar-refractivity contribution in [3.63, 3.8) is 0 Å². The molecule has 0 spiro atoms. The topological polar surface area (TPSA) is 49.8 Å². The number of aliphatic hydroxyl groups is 1. The van der Waals surface area contributed by atoms with Crippen molar-refractivity contribution in [2.45, 2.75) is 0 Å². The van der Waals surface area contributed by atoms with Gasteiger partial charge in [-0.2, -0.15) is 0 Å². The second kappa shape index (κ2) is 6.03. The number of carbonyl (C=O) groups excluding carboxylic acids is 1. The van der Waals surface area contributed by atoms with E-state index in [1.807, 2.05) is 37.4 Å². The van der Waals surface area contributed by atoms with Crippen LogP contribution in [0.5, 0.6) is 0 Å². The van der Waals surface area contributed by atoms with Crippen molar-refractivity contribution in [3.05, 3.63) is 30.3 Å². The summed E-state index contributed by atoms with van der Waals surface area (Å²) in [6.07, 6.45) is 0. The Morgan fingerprint density at radius 3 is 2.67 bits per heavy atom. The van der Waals surface area contributed by atoms with E-state index in [0.29, 0.717) is 0 Å². The molecule has 0 aliphatic carbocycles. The minimum atomic E-state index is -0.338. The molecule has 0 radical (unpaired) electrons. The monoisotopic (exact) mass is 209 g/mol. The van der Waals surface area contributed by atoms with Crippen LogP contribution in [0.3, 0.4) is 0 Å². The summed E-state index contributed by atoms with van der Waals surface area (Å²) in [5.41, 5.74) is 0.957. The largest absolute Gasteiger partial charge is 0.462 e. The molecule has 0 heterocycles. The fourth-order valence-electron chi connectivity index (χ4n) is 1.17. The molecular weight excluding hydrogens is 194 g/mol. The molecule has 1 N–H and O–H groups in total. The lowest BCUT2D eigenvalue weighted by Gasteiger charge is -2.17. The Kier molecular flexibility index (Phi) is 4.63. The van der Waals surface area contributed by atoms with Crippen molar-refractivity contribution in [3.8, 4) is 0 Å². The number of rotatable bonds is 5. The highest BCUT2D eigenvalue weighted by Gasteiger charge is 2.07. The molecule has 1 rings (SSSR count). The summed E-state index contributed by atoms with van der Waals surface area (Å²) in [6.45, 7) is 0.103. The van der Waals surface area contributed by atoms with Crippen LogP contribution >= 0.6 is 0 Å². The number of hydrogen-bond acceptors (Lipinski definition) is 4. The first-order valence-electron chi connectivity index (χ1n) is 4.76. The number of likely N-dealkylation sites (N-methyl/N-ethyl adjacent to an activating group) is 1. The van der Waals surface area contributed by atoms with Crippen molar-refractivity contribution >= 4 is 11.7 Å². The molecule has 0 aliphatic rings. The van der Waals surface area contributed by atoms with Crippen LogP contribution in [0.2, 0.25) is 0 Å². The Bertz CT molecular complexity index is 300. The predicted octanol–water partition coefficient (Wildman–Crippen LogP) is 0.658. The Hall–Kier alpha value is -1.55. The smallest absolute Gasteiger partial charge is 0.325 e. The summed E-state index contributed by atoms with van der Waals surface area (Å²) in [5.74, 6) is -0.338. The zero-order valence-electron chi connectivity index (χ0n) is 8.72. The number of anilines is 1. The van der Waals surface area contributed by atoms with Gasteiger partial charge in [-0.1, -0.05) is 18.2 Å². The first-order valence-corrected chi connectivity index (χ1v) is 4.76. The van der Waals surface area contributed by atoms with E-state index in [9.17, 15) is 4.79 Å². The number of para-hydroxylation sites is 1. The van der Waals surface area contributed by atoms with Crippen molar-refractivity contribution in [1.29, 1.82) is 0 Å². The molecule has 1 aromatic rings. The van der Waals surface area contributed by atoms with Crippen molar-refractivity contribution in [2.24, 2.45) is 0 Å². The summed E-state index contributed by atoms with van der Waals surface area (Å²) < 4.78 is 4.75. The Balaban J connectivity index is 2.42. The summed E-state index contributed by atoms with van der Waals surface area (Å²) in [7, 11) is 1.82. The lowest BCUT2D eigenvalue weighted by Crippen LogP contribution is -2.27. The second-order valence-corrected chi connectivity index (χ2v) is 3.14. The zero-order valence-corrected chi connectivity index (χ0v) is 8.72. The first-order chi connectivity index (χ1) is 7.24. The van der Waals surface area contributed by atoms with E-state index >= 15 is 0 Å². The fraction of sp³-hybridized carbons (Fsp3) is 0.364. The first kappa shape index (κ1) is 11.5. The molecule has 4 heteroatoms. The summed E-state index contributed by atoms with van der Waals surface area (Å²) in [5, 5.41) is 8.48. The van der Waals surface area contributed by atoms with Crippen LogP contribution in [-0.2, 0) is 9.53 Å². The van der Waals surface area contributed by atoms with Crippen LogP contribution in [0.1, 0.15) is 0 Å². The van der Waals surface area contributed by atoms with Gasteiger partial charge in [-0.05, 0) is 12.1 Å². The molecule has 82 valence electrons. The number of nitrogens with zero attached hydrogens (tertiary/aromatic N) is 1. The van der Waals surface area contributed by atoms with Gasteiger partial charge in [0.15, 0.2) is 0 Å². The van der Waals surface area contributed by atoms with E-state index in [1.54, 1.807) is 4.90 Å². The molecule has 0 atom stereocenters. The minimum absolute atomic E-state index is 0.0570. The lowest BCUT2D eigenvalue weighted by molar-refractivity contribution is -0.142. The zero-order chi connectivity index (χ0) is 11.1. The number of aliphatic hydroxyl groups excluding tert-OH is 1. The number of carbonyl (C=O) groups is 1. The number of benzene rings is 1. The Morgan fingerprint density at radius 2 is 2.07 bits per heavy atom. The van der Waals surface area contributed by atoms with E-state index in [4.69, 9.17) is 9.84 Å². The third kappa shape index (κ3) is 3.99. The van der Waals surface area contributed by atoms with Crippen molar-refractivity contribution in [1.82, 2.24) is 0 Å². The van der Waals surface area contributed by atoms with Gasteiger partial charge in [0, 0.05) is 12.7 Å². The maximum atomic E-state index is 11.2. The SMILES string of the molecule is CN(CC(=O)OCCO)c1ccccc1. The quantitative estimate of drug-likeness (QED) is 0.724. The number of esters is 1. The van der Waals surface area contributed by atoms with E-state index < -0.39 is 0 Å². The van der Waals surface area contributed by atoms with Crippen molar-refractivity contribution < 1.29 is 14.6 Å². The normalized spacial score (nSPS) is 9.73. The summed E-state index contributed by atoms with van der Waals surface area (Å²) in [6, 6.07) is 9.57. The number of hydrogen-bond donors (Lipinski definition) is 1. The van der Waals surface area contributed by atoms with Gasteiger partial charge in [0.05, 0.1) is 6.61 Å². The van der Waals surface area contributed by atoms with Gasteiger partial charge in [-0.15, -0.1) is 0 Å². The molecule has 1 aromatic carbocycles. The van der Waals surface area contributed by atoms with E-state index in [-0.39, 0.29) is 25.7 Å². The van der Waals surface area contributed by atoms with Crippen LogP contribution in [0.15, 0.2) is 30.3 Å². The van der Waals surface area contributed by atoms with E-state index in [1.165, 1.54) is 0 Å². The Labute approximate surface area is 89.1 Å². The van der Waals surface area contributed by atoms with Gasteiger partial charge < -0.3 is 14.7 Å².